The van der Waals surface area contributed by atoms with Gasteiger partial charge in [0.15, 0.2) is 0 Å². The van der Waals surface area contributed by atoms with Gasteiger partial charge in [0.05, 0.1) is 18.5 Å². The Labute approximate surface area is 153 Å². The standard InChI is InChI=1S/C20H24N4O2/c1-14-8-23-19(9-22-14)20(25)24-10-16(13-26-12-15-5-6-15)17(11-24)18-4-2-3-7-21-18/h2-4,7-9,15-17H,5-6,10-13H2,1H3/t16-,17+/m0/s1. The number of pyridine rings is 1. The average Bonchev–Trinajstić information content (AvgIpc) is 3.40. The molecule has 0 N–H and O–H groups in total. The summed E-state index contributed by atoms with van der Waals surface area (Å²) in [5.41, 5.74) is 2.23. The zero-order chi connectivity index (χ0) is 17.9. The number of carbonyl (C=O) groups excluding carboxylic acids is 1. The first-order chi connectivity index (χ1) is 12.7. The van der Waals surface area contributed by atoms with Gasteiger partial charge in [-0.05, 0) is 37.8 Å². The molecular formula is C20H24N4O2. The first kappa shape index (κ1) is 17.1. The van der Waals surface area contributed by atoms with Crippen LogP contribution >= 0.6 is 0 Å². The molecule has 0 spiro atoms. The van der Waals surface area contributed by atoms with Crippen LogP contribution in [0.2, 0.25) is 0 Å². The lowest BCUT2D eigenvalue weighted by Gasteiger charge is -2.17. The van der Waals surface area contributed by atoms with Crippen molar-refractivity contribution in [2.24, 2.45) is 11.8 Å². The number of nitrogens with zero attached hydrogens (tertiary/aromatic N) is 4. The molecule has 6 nitrogen and oxygen atoms in total. The summed E-state index contributed by atoms with van der Waals surface area (Å²) in [5, 5.41) is 0. The zero-order valence-electron chi connectivity index (χ0n) is 15.0. The average molecular weight is 352 g/mol. The number of amides is 1. The van der Waals surface area contributed by atoms with E-state index in [9.17, 15) is 4.79 Å². The molecule has 2 aliphatic rings. The predicted octanol–water partition coefficient (Wildman–Crippen LogP) is 2.46. The van der Waals surface area contributed by atoms with Crippen LogP contribution in [-0.4, -0.2) is 52.1 Å². The van der Waals surface area contributed by atoms with Crippen LogP contribution in [0, 0.1) is 18.8 Å². The van der Waals surface area contributed by atoms with Gasteiger partial charge in [-0.3, -0.25) is 14.8 Å². The number of hydrogen-bond donors (Lipinski definition) is 0. The largest absolute Gasteiger partial charge is 0.381 e. The Hall–Kier alpha value is -2.34. The summed E-state index contributed by atoms with van der Waals surface area (Å²) < 4.78 is 5.95. The highest BCUT2D eigenvalue weighted by Crippen LogP contribution is 2.34. The summed E-state index contributed by atoms with van der Waals surface area (Å²) in [6.45, 7) is 4.68. The van der Waals surface area contributed by atoms with E-state index in [1.807, 2.05) is 36.2 Å². The van der Waals surface area contributed by atoms with Crippen molar-refractivity contribution < 1.29 is 9.53 Å². The Balaban J connectivity index is 1.48. The number of carbonyl (C=O) groups is 1. The molecule has 2 aromatic rings. The van der Waals surface area contributed by atoms with Gasteiger partial charge in [-0.1, -0.05) is 6.07 Å². The molecule has 0 bridgehead atoms. The summed E-state index contributed by atoms with van der Waals surface area (Å²) in [4.78, 5) is 27.7. The van der Waals surface area contributed by atoms with Crippen molar-refractivity contribution in [3.63, 3.8) is 0 Å². The van der Waals surface area contributed by atoms with E-state index in [1.165, 1.54) is 12.8 Å². The summed E-state index contributed by atoms with van der Waals surface area (Å²) in [6.07, 6.45) is 7.57. The molecular weight excluding hydrogens is 328 g/mol. The van der Waals surface area contributed by atoms with E-state index in [2.05, 4.69) is 15.0 Å². The van der Waals surface area contributed by atoms with Crippen molar-refractivity contribution in [2.75, 3.05) is 26.3 Å². The number of rotatable bonds is 6. The Morgan fingerprint density at radius 2 is 2.04 bits per heavy atom. The maximum Gasteiger partial charge on any atom is 0.274 e. The molecule has 3 heterocycles. The third kappa shape index (κ3) is 3.90. The number of likely N-dealkylation sites (tertiary alicyclic amines) is 1. The van der Waals surface area contributed by atoms with E-state index >= 15 is 0 Å². The van der Waals surface area contributed by atoms with Crippen LogP contribution in [0.15, 0.2) is 36.8 Å². The highest BCUT2D eigenvalue weighted by Gasteiger charge is 2.38. The second-order valence-electron chi connectivity index (χ2n) is 7.36. The van der Waals surface area contributed by atoms with Gasteiger partial charge in [-0.2, -0.15) is 0 Å². The van der Waals surface area contributed by atoms with Crippen molar-refractivity contribution in [1.82, 2.24) is 19.9 Å². The molecule has 1 aliphatic carbocycles. The molecule has 2 atom stereocenters. The van der Waals surface area contributed by atoms with Gasteiger partial charge < -0.3 is 9.64 Å². The summed E-state index contributed by atoms with van der Waals surface area (Å²) in [7, 11) is 0. The fourth-order valence-electron chi connectivity index (χ4n) is 3.47. The van der Waals surface area contributed by atoms with Crippen LogP contribution in [0.3, 0.4) is 0 Å². The quantitative estimate of drug-likeness (QED) is 0.799. The Kier molecular flexibility index (Phi) is 4.93. The van der Waals surface area contributed by atoms with Gasteiger partial charge >= 0.3 is 0 Å². The number of aromatic nitrogens is 3. The van der Waals surface area contributed by atoms with Gasteiger partial charge in [0.2, 0.25) is 0 Å². The van der Waals surface area contributed by atoms with Crippen molar-refractivity contribution in [3.05, 3.63) is 53.9 Å². The third-order valence-corrected chi connectivity index (χ3v) is 5.18. The van der Waals surface area contributed by atoms with Crippen molar-refractivity contribution in [1.29, 1.82) is 0 Å². The second-order valence-corrected chi connectivity index (χ2v) is 7.36. The highest BCUT2D eigenvalue weighted by atomic mass is 16.5. The van der Waals surface area contributed by atoms with Gasteiger partial charge in [0.25, 0.3) is 5.91 Å². The molecule has 0 radical (unpaired) electrons. The minimum absolute atomic E-state index is 0.0666. The molecule has 4 rings (SSSR count). The van der Waals surface area contributed by atoms with Gasteiger partial charge in [0, 0.05) is 49.6 Å². The summed E-state index contributed by atoms with van der Waals surface area (Å²) in [5.74, 6) is 1.12. The molecule has 2 aromatic heterocycles. The van der Waals surface area contributed by atoms with Crippen molar-refractivity contribution >= 4 is 5.91 Å². The lowest BCUT2D eigenvalue weighted by atomic mass is 9.93. The van der Waals surface area contributed by atoms with Gasteiger partial charge in [-0.25, -0.2) is 4.98 Å². The summed E-state index contributed by atoms with van der Waals surface area (Å²) >= 11 is 0. The maximum atomic E-state index is 12.8. The van der Waals surface area contributed by atoms with Gasteiger partial charge in [0.1, 0.15) is 5.69 Å². The van der Waals surface area contributed by atoms with E-state index in [-0.39, 0.29) is 17.7 Å². The minimum Gasteiger partial charge on any atom is -0.381 e. The first-order valence-electron chi connectivity index (χ1n) is 9.27. The SMILES string of the molecule is Cc1cnc(C(=O)N2C[C@@H](COCC3CC3)[C@H](c3ccccn3)C2)cn1. The predicted molar refractivity (Wildman–Crippen MR) is 96.7 cm³/mol. The van der Waals surface area contributed by atoms with Crippen LogP contribution < -0.4 is 0 Å². The third-order valence-electron chi connectivity index (χ3n) is 5.18. The minimum atomic E-state index is -0.0666. The van der Waals surface area contributed by atoms with E-state index in [0.29, 0.717) is 25.4 Å². The van der Waals surface area contributed by atoms with Crippen molar-refractivity contribution in [3.8, 4) is 0 Å². The molecule has 0 aromatic carbocycles. The van der Waals surface area contributed by atoms with Gasteiger partial charge in [-0.15, -0.1) is 0 Å². The summed E-state index contributed by atoms with van der Waals surface area (Å²) in [6, 6.07) is 5.96. The molecule has 6 heteroatoms. The molecule has 1 saturated heterocycles. The Morgan fingerprint density at radius 1 is 1.15 bits per heavy atom. The van der Waals surface area contributed by atoms with E-state index in [1.54, 1.807) is 12.4 Å². The lowest BCUT2D eigenvalue weighted by Crippen LogP contribution is -2.30. The van der Waals surface area contributed by atoms with Crippen LogP contribution in [0.1, 0.15) is 40.6 Å². The topological polar surface area (TPSA) is 68.2 Å². The normalized spacial score (nSPS) is 22.6. The van der Waals surface area contributed by atoms with Crippen molar-refractivity contribution in [2.45, 2.75) is 25.7 Å². The number of aryl methyl sites for hydroxylation is 1. The van der Waals surface area contributed by atoms with E-state index < -0.39 is 0 Å². The number of hydrogen-bond acceptors (Lipinski definition) is 5. The van der Waals surface area contributed by atoms with Crippen LogP contribution in [0.25, 0.3) is 0 Å². The molecule has 1 amide bonds. The molecule has 26 heavy (non-hydrogen) atoms. The molecule has 2 fully saturated rings. The Bertz CT molecular complexity index is 746. The van der Waals surface area contributed by atoms with Crippen LogP contribution in [0.5, 0.6) is 0 Å². The van der Waals surface area contributed by atoms with E-state index in [0.717, 1.165) is 23.9 Å². The smallest absolute Gasteiger partial charge is 0.274 e. The fraction of sp³-hybridized carbons (Fsp3) is 0.500. The zero-order valence-corrected chi connectivity index (χ0v) is 15.0. The molecule has 0 unspecified atom stereocenters. The number of ether oxygens (including phenoxy) is 1. The molecule has 1 saturated carbocycles. The molecule has 1 aliphatic heterocycles. The first-order valence-corrected chi connectivity index (χ1v) is 9.27. The highest BCUT2D eigenvalue weighted by molar-refractivity contribution is 5.92. The van der Waals surface area contributed by atoms with Crippen LogP contribution in [0.4, 0.5) is 0 Å². The molecule has 136 valence electrons. The maximum absolute atomic E-state index is 12.8. The lowest BCUT2D eigenvalue weighted by molar-refractivity contribution is 0.0734. The van der Waals surface area contributed by atoms with Crippen LogP contribution in [-0.2, 0) is 4.74 Å². The fourth-order valence-corrected chi connectivity index (χ4v) is 3.47. The monoisotopic (exact) mass is 352 g/mol. The second kappa shape index (κ2) is 7.50. The Morgan fingerprint density at radius 3 is 2.73 bits per heavy atom. The van der Waals surface area contributed by atoms with E-state index in [4.69, 9.17) is 4.74 Å².